The van der Waals surface area contributed by atoms with E-state index in [1.54, 1.807) is 18.2 Å². The van der Waals surface area contributed by atoms with Crippen molar-refractivity contribution in [2.45, 2.75) is 4.90 Å². The highest BCUT2D eigenvalue weighted by Gasteiger charge is 2.19. The summed E-state index contributed by atoms with van der Waals surface area (Å²) in [5.41, 5.74) is 6.69. The van der Waals surface area contributed by atoms with Crippen molar-refractivity contribution in [1.29, 1.82) is 0 Å². The van der Waals surface area contributed by atoms with Crippen LogP contribution in [0.15, 0.2) is 41.4 Å². The minimum atomic E-state index is -3.75. The van der Waals surface area contributed by atoms with Crippen LogP contribution in [-0.4, -0.2) is 22.1 Å². The van der Waals surface area contributed by atoms with Crippen molar-refractivity contribution in [2.24, 2.45) is 0 Å². The number of pyridine rings is 1. The molecule has 0 saturated heterocycles. The minimum absolute atomic E-state index is 0.0839. The van der Waals surface area contributed by atoms with Crippen LogP contribution in [0.2, 0.25) is 0 Å². The zero-order chi connectivity index (χ0) is 14.2. The van der Waals surface area contributed by atoms with Crippen LogP contribution in [0, 0.1) is 0 Å². The number of nitrogens with zero attached hydrogens (tertiary/aromatic N) is 3. The first-order valence-electron chi connectivity index (χ1n) is 5.52. The molecule has 20 heavy (non-hydrogen) atoms. The van der Waals surface area contributed by atoms with Crippen molar-refractivity contribution in [3.05, 3.63) is 36.5 Å². The molecule has 2 aromatic heterocycles. The van der Waals surface area contributed by atoms with Gasteiger partial charge < -0.3 is 5.73 Å². The number of hydrogen-bond donors (Lipinski definition) is 2. The van der Waals surface area contributed by atoms with Gasteiger partial charge in [0.15, 0.2) is 0 Å². The van der Waals surface area contributed by atoms with Gasteiger partial charge in [-0.2, -0.15) is 8.75 Å². The van der Waals surface area contributed by atoms with E-state index in [1.807, 2.05) is 0 Å². The molecule has 0 unspecified atom stereocenters. The average molecular weight is 307 g/mol. The molecule has 0 radical (unpaired) electrons. The van der Waals surface area contributed by atoms with Crippen molar-refractivity contribution in [2.75, 3.05) is 10.5 Å². The molecule has 3 N–H and O–H groups in total. The molecular weight excluding hydrogens is 298 g/mol. The van der Waals surface area contributed by atoms with E-state index in [9.17, 15) is 8.42 Å². The van der Waals surface area contributed by atoms with Crippen molar-refractivity contribution < 1.29 is 8.42 Å². The zero-order valence-corrected chi connectivity index (χ0v) is 11.6. The van der Waals surface area contributed by atoms with Gasteiger partial charge in [0.1, 0.15) is 21.7 Å². The van der Waals surface area contributed by atoms with E-state index >= 15 is 0 Å². The number of rotatable bonds is 3. The first kappa shape index (κ1) is 12.8. The number of anilines is 2. The fraction of sp³-hybridized carbons (Fsp3) is 0. The summed E-state index contributed by atoms with van der Waals surface area (Å²) in [7, 11) is -3.75. The molecule has 9 heteroatoms. The summed E-state index contributed by atoms with van der Waals surface area (Å²) in [4.78, 5) is 3.92. The second kappa shape index (κ2) is 4.69. The number of nitrogens with two attached hydrogens (primary N) is 1. The van der Waals surface area contributed by atoms with Crippen LogP contribution in [0.4, 0.5) is 11.5 Å². The first-order valence-corrected chi connectivity index (χ1v) is 7.73. The lowest BCUT2D eigenvalue weighted by molar-refractivity contribution is 0.602. The molecule has 3 aromatic rings. The van der Waals surface area contributed by atoms with Crippen LogP contribution in [0.1, 0.15) is 0 Å². The summed E-state index contributed by atoms with van der Waals surface area (Å²) in [6, 6.07) is 7.88. The predicted octanol–water partition coefficient (Wildman–Crippen LogP) is 1.47. The van der Waals surface area contributed by atoms with Crippen molar-refractivity contribution in [3.63, 3.8) is 0 Å². The number of nitrogen functional groups attached to an aromatic ring is 1. The van der Waals surface area contributed by atoms with Crippen LogP contribution in [-0.2, 0) is 10.0 Å². The van der Waals surface area contributed by atoms with Gasteiger partial charge in [-0.05, 0) is 24.3 Å². The standard InChI is InChI=1S/C11H9N5O2S2/c12-10-5-4-7(6-13-10)16-20(17,18)9-3-1-2-8-11(9)15-19-14-8/h1-6,16H,(H2,12,13). The van der Waals surface area contributed by atoms with Crippen LogP contribution >= 0.6 is 11.7 Å². The highest BCUT2D eigenvalue weighted by Crippen LogP contribution is 2.23. The molecule has 0 aliphatic heterocycles. The summed E-state index contributed by atoms with van der Waals surface area (Å²) in [6.45, 7) is 0. The molecule has 0 amide bonds. The highest BCUT2D eigenvalue weighted by molar-refractivity contribution is 7.93. The molecule has 102 valence electrons. The number of hydrogen-bond acceptors (Lipinski definition) is 7. The summed E-state index contributed by atoms with van der Waals surface area (Å²) in [6.07, 6.45) is 1.35. The van der Waals surface area contributed by atoms with E-state index < -0.39 is 10.0 Å². The van der Waals surface area contributed by atoms with Gasteiger partial charge in [-0.25, -0.2) is 13.4 Å². The van der Waals surface area contributed by atoms with E-state index in [4.69, 9.17) is 5.73 Å². The summed E-state index contributed by atoms with van der Waals surface area (Å²) < 4.78 is 35.2. The lowest BCUT2D eigenvalue weighted by Gasteiger charge is -2.08. The second-order valence-electron chi connectivity index (χ2n) is 3.97. The Bertz CT molecular complexity index is 858. The molecule has 0 bridgehead atoms. The van der Waals surface area contributed by atoms with Crippen molar-refractivity contribution >= 4 is 44.3 Å². The van der Waals surface area contributed by atoms with Gasteiger partial charge in [-0.3, -0.25) is 4.72 Å². The van der Waals surface area contributed by atoms with E-state index in [2.05, 4.69) is 18.5 Å². The Hall–Kier alpha value is -2.26. The Balaban J connectivity index is 2.03. The number of benzene rings is 1. The van der Waals surface area contributed by atoms with Gasteiger partial charge in [0, 0.05) is 0 Å². The van der Waals surface area contributed by atoms with E-state index in [-0.39, 0.29) is 4.90 Å². The monoisotopic (exact) mass is 307 g/mol. The third-order valence-electron chi connectivity index (χ3n) is 2.58. The minimum Gasteiger partial charge on any atom is -0.384 e. The lowest BCUT2D eigenvalue weighted by atomic mass is 10.3. The average Bonchev–Trinajstić information content (AvgIpc) is 2.89. The fourth-order valence-electron chi connectivity index (χ4n) is 1.67. The van der Waals surface area contributed by atoms with Gasteiger partial charge in [-0.1, -0.05) is 6.07 Å². The fourth-order valence-corrected chi connectivity index (χ4v) is 3.48. The highest BCUT2D eigenvalue weighted by atomic mass is 32.2. The van der Waals surface area contributed by atoms with Crippen molar-refractivity contribution in [1.82, 2.24) is 13.7 Å². The molecule has 2 heterocycles. The second-order valence-corrected chi connectivity index (χ2v) is 6.14. The molecule has 7 nitrogen and oxygen atoms in total. The smallest absolute Gasteiger partial charge is 0.264 e. The van der Waals surface area contributed by atoms with Crippen LogP contribution < -0.4 is 10.5 Å². The normalized spacial score (nSPS) is 11.6. The van der Waals surface area contributed by atoms with Crippen molar-refractivity contribution in [3.8, 4) is 0 Å². The lowest BCUT2D eigenvalue weighted by Crippen LogP contribution is -2.13. The number of fused-ring (bicyclic) bond motifs is 1. The van der Waals surface area contributed by atoms with Crippen LogP contribution in [0.3, 0.4) is 0 Å². The molecule has 0 saturated carbocycles. The largest absolute Gasteiger partial charge is 0.384 e. The molecule has 0 fully saturated rings. The van der Waals surface area contributed by atoms with Gasteiger partial charge in [-0.15, -0.1) is 0 Å². The maximum absolute atomic E-state index is 12.4. The van der Waals surface area contributed by atoms with Gasteiger partial charge in [0.25, 0.3) is 10.0 Å². The molecule has 0 spiro atoms. The molecule has 3 rings (SSSR count). The Morgan fingerprint density at radius 2 is 2.00 bits per heavy atom. The van der Waals surface area contributed by atoms with E-state index in [0.717, 1.165) is 11.7 Å². The van der Waals surface area contributed by atoms with Gasteiger partial charge in [0.05, 0.1) is 23.6 Å². The first-order chi connectivity index (χ1) is 9.56. The van der Waals surface area contributed by atoms with Gasteiger partial charge in [0.2, 0.25) is 0 Å². The topological polar surface area (TPSA) is 111 Å². The Morgan fingerprint density at radius 1 is 1.15 bits per heavy atom. The SMILES string of the molecule is Nc1ccc(NS(=O)(=O)c2cccc3nsnc23)cn1. The third kappa shape index (κ3) is 2.28. The van der Waals surface area contributed by atoms with E-state index in [0.29, 0.717) is 22.5 Å². The Morgan fingerprint density at radius 3 is 2.75 bits per heavy atom. The molecular formula is C11H9N5O2S2. The number of nitrogens with one attached hydrogen (secondary N) is 1. The maximum Gasteiger partial charge on any atom is 0.264 e. The molecule has 1 aromatic carbocycles. The van der Waals surface area contributed by atoms with Gasteiger partial charge >= 0.3 is 0 Å². The number of aromatic nitrogens is 3. The molecule has 0 aliphatic carbocycles. The zero-order valence-electron chi connectivity index (χ0n) is 10.0. The van der Waals surface area contributed by atoms with Crippen LogP contribution in [0.25, 0.3) is 11.0 Å². The summed E-state index contributed by atoms with van der Waals surface area (Å²) in [5.74, 6) is 0.318. The molecule has 0 aliphatic rings. The van der Waals surface area contributed by atoms with Crippen LogP contribution in [0.5, 0.6) is 0 Å². The molecule has 0 atom stereocenters. The summed E-state index contributed by atoms with van der Waals surface area (Å²) in [5, 5.41) is 0. The quantitative estimate of drug-likeness (QED) is 0.758. The third-order valence-corrected chi connectivity index (χ3v) is 4.53. The maximum atomic E-state index is 12.4. The predicted molar refractivity (Wildman–Crippen MR) is 76.9 cm³/mol. The Kier molecular flexibility index (Phi) is 2.99. The van der Waals surface area contributed by atoms with E-state index in [1.165, 1.54) is 18.3 Å². The Labute approximate surface area is 118 Å². The summed E-state index contributed by atoms with van der Waals surface area (Å²) >= 11 is 0.970. The number of sulfonamides is 1.